The molecular weight excluding hydrogens is 250 g/mol. The molecule has 0 spiro atoms. The highest BCUT2D eigenvalue weighted by atomic mass is 16.5. The van der Waals surface area contributed by atoms with Crippen molar-refractivity contribution >= 4 is 5.69 Å². The summed E-state index contributed by atoms with van der Waals surface area (Å²) in [5.74, 6) is 1.86. The third-order valence-corrected chi connectivity index (χ3v) is 3.58. The van der Waals surface area contributed by atoms with E-state index < -0.39 is 0 Å². The van der Waals surface area contributed by atoms with Gasteiger partial charge in [-0.05, 0) is 30.7 Å². The van der Waals surface area contributed by atoms with E-state index >= 15 is 0 Å². The predicted molar refractivity (Wildman–Crippen MR) is 80.8 cm³/mol. The Kier molecular flexibility index (Phi) is 3.50. The molecule has 1 N–H and O–H groups in total. The van der Waals surface area contributed by atoms with Crippen molar-refractivity contribution in [3.63, 3.8) is 0 Å². The summed E-state index contributed by atoms with van der Waals surface area (Å²) in [7, 11) is 1.71. The number of benzene rings is 2. The van der Waals surface area contributed by atoms with Gasteiger partial charge >= 0.3 is 0 Å². The fourth-order valence-electron chi connectivity index (χ4n) is 2.59. The lowest BCUT2D eigenvalue weighted by atomic mass is 10.0. The average Bonchev–Trinajstić information content (AvgIpc) is 2.47. The second kappa shape index (κ2) is 5.45. The Balaban J connectivity index is 1.78. The first-order valence-corrected chi connectivity index (χ1v) is 6.89. The number of aryl methyl sites for hydroxylation is 1. The van der Waals surface area contributed by atoms with Gasteiger partial charge in [-0.25, -0.2) is 0 Å². The summed E-state index contributed by atoms with van der Waals surface area (Å²) in [6, 6.07) is 14.3. The number of hydrogen-bond donors (Lipinski definition) is 1. The Labute approximate surface area is 119 Å². The largest absolute Gasteiger partial charge is 0.496 e. The summed E-state index contributed by atoms with van der Waals surface area (Å²) in [5.41, 5.74) is 3.50. The first-order chi connectivity index (χ1) is 9.76. The Morgan fingerprint density at radius 1 is 1.25 bits per heavy atom. The minimum atomic E-state index is 0.126. The molecule has 1 aliphatic heterocycles. The highest BCUT2D eigenvalue weighted by Crippen LogP contribution is 2.30. The molecule has 2 aromatic carbocycles. The average molecular weight is 269 g/mol. The maximum atomic E-state index is 6.06. The normalized spacial score (nSPS) is 16.8. The molecule has 0 aliphatic carbocycles. The van der Waals surface area contributed by atoms with Crippen LogP contribution in [0, 0.1) is 6.92 Å². The van der Waals surface area contributed by atoms with Crippen LogP contribution in [0.1, 0.15) is 11.1 Å². The van der Waals surface area contributed by atoms with E-state index in [-0.39, 0.29) is 6.10 Å². The quantitative estimate of drug-likeness (QED) is 0.926. The second-order valence-corrected chi connectivity index (χ2v) is 5.14. The lowest BCUT2D eigenvalue weighted by molar-refractivity contribution is 0.205. The Morgan fingerprint density at radius 3 is 2.95 bits per heavy atom. The molecule has 0 bridgehead atoms. The SMILES string of the molecule is COc1ccc(C)cc1CC1CNc2ccccc2O1. The van der Waals surface area contributed by atoms with Gasteiger partial charge < -0.3 is 14.8 Å². The molecule has 0 amide bonds. The monoisotopic (exact) mass is 269 g/mol. The third kappa shape index (κ3) is 2.57. The molecule has 1 atom stereocenters. The second-order valence-electron chi connectivity index (χ2n) is 5.14. The van der Waals surface area contributed by atoms with Crippen LogP contribution in [-0.4, -0.2) is 19.8 Å². The molecule has 20 heavy (non-hydrogen) atoms. The van der Waals surface area contributed by atoms with Crippen LogP contribution >= 0.6 is 0 Å². The minimum absolute atomic E-state index is 0.126. The Hall–Kier alpha value is -2.16. The zero-order valence-electron chi connectivity index (χ0n) is 11.8. The molecule has 3 heteroatoms. The molecule has 1 heterocycles. The van der Waals surface area contributed by atoms with Crippen molar-refractivity contribution in [2.45, 2.75) is 19.4 Å². The van der Waals surface area contributed by atoms with E-state index in [0.29, 0.717) is 0 Å². The van der Waals surface area contributed by atoms with Crippen molar-refractivity contribution in [3.8, 4) is 11.5 Å². The number of para-hydroxylation sites is 2. The van der Waals surface area contributed by atoms with E-state index in [1.165, 1.54) is 11.1 Å². The lowest BCUT2D eigenvalue weighted by Crippen LogP contribution is -2.32. The molecule has 0 aromatic heterocycles. The van der Waals surface area contributed by atoms with E-state index in [1.807, 2.05) is 30.3 Å². The zero-order chi connectivity index (χ0) is 13.9. The Bertz CT molecular complexity index is 610. The van der Waals surface area contributed by atoms with E-state index in [2.05, 4.69) is 24.4 Å². The summed E-state index contributed by atoms with van der Waals surface area (Å²) in [4.78, 5) is 0. The van der Waals surface area contributed by atoms with Crippen LogP contribution in [0.2, 0.25) is 0 Å². The van der Waals surface area contributed by atoms with Crippen LogP contribution in [-0.2, 0) is 6.42 Å². The smallest absolute Gasteiger partial charge is 0.142 e. The number of methoxy groups -OCH3 is 1. The molecular formula is C17H19NO2. The van der Waals surface area contributed by atoms with E-state index in [9.17, 15) is 0 Å². The van der Waals surface area contributed by atoms with Crippen molar-refractivity contribution < 1.29 is 9.47 Å². The van der Waals surface area contributed by atoms with Crippen molar-refractivity contribution in [1.29, 1.82) is 0 Å². The minimum Gasteiger partial charge on any atom is -0.496 e. The van der Waals surface area contributed by atoms with E-state index in [1.54, 1.807) is 7.11 Å². The summed E-state index contributed by atoms with van der Waals surface area (Å²) in [6.07, 6.45) is 0.965. The van der Waals surface area contributed by atoms with Gasteiger partial charge in [0.1, 0.15) is 17.6 Å². The van der Waals surface area contributed by atoms with Crippen LogP contribution in [0.25, 0.3) is 0 Å². The topological polar surface area (TPSA) is 30.5 Å². The molecule has 0 saturated heterocycles. The van der Waals surface area contributed by atoms with Gasteiger partial charge in [0.2, 0.25) is 0 Å². The number of hydrogen-bond acceptors (Lipinski definition) is 3. The summed E-state index contributed by atoms with van der Waals surface area (Å²) in [6.45, 7) is 2.91. The van der Waals surface area contributed by atoms with Gasteiger partial charge in [0, 0.05) is 6.42 Å². The number of nitrogens with one attached hydrogen (secondary N) is 1. The summed E-state index contributed by atoms with van der Waals surface area (Å²) in [5, 5.41) is 3.42. The molecule has 2 aromatic rings. The van der Waals surface area contributed by atoms with Gasteiger partial charge in [-0.2, -0.15) is 0 Å². The van der Waals surface area contributed by atoms with Gasteiger partial charge in [0.25, 0.3) is 0 Å². The maximum absolute atomic E-state index is 6.06. The van der Waals surface area contributed by atoms with Gasteiger partial charge in [-0.3, -0.25) is 0 Å². The van der Waals surface area contributed by atoms with Crippen molar-refractivity contribution in [2.24, 2.45) is 0 Å². The molecule has 1 aliphatic rings. The van der Waals surface area contributed by atoms with Crippen molar-refractivity contribution in [2.75, 3.05) is 19.0 Å². The van der Waals surface area contributed by atoms with Crippen LogP contribution in [0.4, 0.5) is 5.69 Å². The van der Waals surface area contributed by atoms with Crippen molar-refractivity contribution in [1.82, 2.24) is 0 Å². The summed E-state index contributed by atoms with van der Waals surface area (Å²) >= 11 is 0. The molecule has 0 fully saturated rings. The van der Waals surface area contributed by atoms with Gasteiger partial charge in [-0.1, -0.05) is 29.8 Å². The standard InChI is InChI=1S/C17H19NO2/c1-12-7-8-16(19-2)13(9-12)10-14-11-18-15-5-3-4-6-17(15)20-14/h3-9,14,18H,10-11H2,1-2H3. The zero-order valence-corrected chi connectivity index (χ0v) is 11.8. The predicted octanol–water partition coefficient (Wildman–Crippen LogP) is 3.42. The number of fused-ring (bicyclic) bond motifs is 1. The van der Waals surface area contributed by atoms with Gasteiger partial charge in [-0.15, -0.1) is 0 Å². The molecule has 0 saturated carbocycles. The first-order valence-electron chi connectivity index (χ1n) is 6.89. The van der Waals surface area contributed by atoms with Gasteiger partial charge in [0.05, 0.1) is 19.3 Å². The van der Waals surface area contributed by atoms with Gasteiger partial charge in [0.15, 0.2) is 0 Å². The van der Waals surface area contributed by atoms with Crippen molar-refractivity contribution in [3.05, 3.63) is 53.6 Å². The molecule has 3 nitrogen and oxygen atoms in total. The van der Waals surface area contributed by atoms with E-state index in [0.717, 1.165) is 30.2 Å². The molecule has 0 radical (unpaired) electrons. The van der Waals surface area contributed by atoms with Crippen LogP contribution in [0.15, 0.2) is 42.5 Å². The Morgan fingerprint density at radius 2 is 2.10 bits per heavy atom. The van der Waals surface area contributed by atoms with E-state index in [4.69, 9.17) is 9.47 Å². The molecule has 1 unspecified atom stereocenters. The fraction of sp³-hybridized carbons (Fsp3) is 0.294. The molecule has 3 rings (SSSR count). The number of ether oxygens (including phenoxy) is 2. The third-order valence-electron chi connectivity index (χ3n) is 3.58. The highest BCUT2D eigenvalue weighted by molar-refractivity contribution is 5.57. The highest BCUT2D eigenvalue weighted by Gasteiger charge is 2.20. The first kappa shape index (κ1) is 12.9. The fourth-order valence-corrected chi connectivity index (χ4v) is 2.59. The van der Waals surface area contributed by atoms with Crippen LogP contribution in [0.3, 0.4) is 0 Å². The van der Waals surface area contributed by atoms with Crippen LogP contribution < -0.4 is 14.8 Å². The molecule has 104 valence electrons. The lowest BCUT2D eigenvalue weighted by Gasteiger charge is -2.27. The number of anilines is 1. The van der Waals surface area contributed by atoms with Crippen LogP contribution in [0.5, 0.6) is 11.5 Å². The number of rotatable bonds is 3. The maximum Gasteiger partial charge on any atom is 0.142 e. The summed E-state index contributed by atoms with van der Waals surface area (Å²) < 4.78 is 11.5.